The number of rotatable bonds is 7. The molecule has 0 saturated heterocycles. The molecular weight excluding hydrogens is 417 g/mol. The molecule has 12 heteroatoms. The van der Waals surface area contributed by atoms with Gasteiger partial charge in [0.2, 0.25) is 11.0 Å². The zero-order chi connectivity index (χ0) is 21.0. The summed E-state index contributed by atoms with van der Waals surface area (Å²) in [5.41, 5.74) is -0.0403. The van der Waals surface area contributed by atoms with Crippen LogP contribution in [0.4, 0.5) is 9.52 Å². The van der Waals surface area contributed by atoms with Crippen molar-refractivity contribution < 1.29 is 14.0 Å². The van der Waals surface area contributed by atoms with E-state index in [0.29, 0.717) is 16.1 Å². The van der Waals surface area contributed by atoms with Gasteiger partial charge in [-0.3, -0.25) is 14.9 Å². The number of benzene rings is 1. The molecule has 3 aromatic rings. The molecule has 0 aliphatic heterocycles. The average molecular weight is 436 g/mol. The Hall–Kier alpha value is -2.86. The molecule has 0 aliphatic carbocycles. The number of halogens is 1. The molecule has 2 amide bonds. The Labute approximate surface area is 174 Å². The Morgan fingerprint density at radius 1 is 1.24 bits per heavy atom. The van der Waals surface area contributed by atoms with Gasteiger partial charge in [0.1, 0.15) is 10.8 Å². The number of hydrogen-bond donors (Lipinski definition) is 2. The number of nitrogens with one attached hydrogen (secondary N) is 2. The molecule has 0 unspecified atom stereocenters. The number of thioether (sulfide) groups is 1. The molecule has 3 rings (SSSR count). The Kier molecular flexibility index (Phi) is 6.54. The van der Waals surface area contributed by atoms with Gasteiger partial charge in [0.15, 0.2) is 11.0 Å². The third kappa shape index (κ3) is 5.15. The van der Waals surface area contributed by atoms with Crippen molar-refractivity contribution in [1.82, 2.24) is 30.3 Å². The minimum atomic E-state index is -0.593. The topological polar surface area (TPSA) is 115 Å². The second kappa shape index (κ2) is 9.09. The molecule has 0 fully saturated rings. The van der Waals surface area contributed by atoms with Gasteiger partial charge in [-0.2, -0.15) is 0 Å². The van der Waals surface area contributed by atoms with Crippen LogP contribution in [0, 0.1) is 12.7 Å². The summed E-state index contributed by atoms with van der Waals surface area (Å²) in [6.07, 6.45) is 0. The first kappa shape index (κ1) is 20.9. The molecule has 0 radical (unpaired) electrons. The Bertz CT molecular complexity index is 1040. The van der Waals surface area contributed by atoms with E-state index in [0.717, 1.165) is 5.01 Å². The Morgan fingerprint density at radius 3 is 2.69 bits per heavy atom. The maximum atomic E-state index is 13.7. The smallest absolute Gasteiger partial charge is 0.254 e. The van der Waals surface area contributed by atoms with E-state index in [1.165, 1.54) is 41.3 Å². The minimum absolute atomic E-state index is 0.0403. The molecule has 9 nitrogen and oxygen atoms in total. The van der Waals surface area contributed by atoms with E-state index in [-0.39, 0.29) is 18.0 Å². The van der Waals surface area contributed by atoms with Gasteiger partial charge < -0.3 is 9.88 Å². The van der Waals surface area contributed by atoms with Crippen LogP contribution in [0.25, 0.3) is 0 Å². The van der Waals surface area contributed by atoms with Crippen LogP contribution in [0.3, 0.4) is 0 Å². The van der Waals surface area contributed by atoms with Crippen molar-refractivity contribution in [2.24, 2.45) is 7.05 Å². The van der Waals surface area contributed by atoms with Gasteiger partial charge in [-0.1, -0.05) is 35.2 Å². The van der Waals surface area contributed by atoms with Gasteiger partial charge in [0, 0.05) is 7.05 Å². The molecule has 0 spiro atoms. The van der Waals surface area contributed by atoms with E-state index < -0.39 is 17.0 Å². The van der Waals surface area contributed by atoms with Crippen LogP contribution in [0.2, 0.25) is 0 Å². The van der Waals surface area contributed by atoms with Crippen LogP contribution in [0.1, 0.15) is 28.1 Å². The lowest BCUT2D eigenvalue weighted by Crippen LogP contribution is -2.25. The quantitative estimate of drug-likeness (QED) is 0.547. The second-order valence-corrected chi connectivity index (χ2v) is 8.49. The maximum Gasteiger partial charge on any atom is 0.254 e. The second-order valence-electron chi connectivity index (χ2n) is 6.00. The molecule has 2 heterocycles. The summed E-state index contributed by atoms with van der Waals surface area (Å²) in [5.74, 6) is -0.891. The Balaban J connectivity index is 1.58. The fourth-order valence-corrected chi connectivity index (χ4v) is 3.70. The number of carbonyl (C=O) groups is 2. The van der Waals surface area contributed by atoms with Crippen molar-refractivity contribution in [1.29, 1.82) is 0 Å². The van der Waals surface area contributed by atoms with Crippen molar-refractivity contribution >= 4 is 40.0 Å². The SMILES string of the molecule is Cc1nnc(NC(=O)[C@H](C)Sc2nnc(CNC(=O)c3ccccc3F)n2C)s1. The van der Waals surface area contributed by atoms with Crippen molar-refractivity contribution in [3.05, 3.63) is 46.5 Å². The van der Waals surface area contributed by atoms with Crippen LogP contribution < -0.4 is 10.6 Å². The first-order valence-electron chi connectivity index (χ1n) is 8.53. The van der Waals surface area contributed by atoms with E-state index in [2.05, 4.69) is 31.0 Å². The summed E-state index contributed by atoms with van der Waals surface area (Å²) in [4.78, 5) is 24.4. The third-order valence-electron chi connectivity index (χ3n) is 3.86. The lowest BCUT2D eigenvalue weighted by Gasteiger charge is -2.10. The first-order chi connectivity index (χ1) is 13.8. The summed E-state index contributed by atoms with van der Waals surface area (Å²) < 4.78 is 15.4. The minimum Gasteiger partial charge on any atom is -0.345 e. The first-order valence-corrected chi connectivity index (χ1v) is 10.2. The van der Waals surface area contributed by atoms with E-state index in [4.69, 9.17) is 0 Å². The monoisotopic (exact) mass is 435 g/mol. The van der Waals surface area contributed by atoms with Crippen LogP contribution in [-0.4, -0.2) is 42.0 Å². The van der Waals surface area contributed by atoms with Crippen LogP contribution in [-0.2, 0) is 18.4 Å². The van der Waals surface area contributed by atoms with Crippen LogP contribution in [0.15, 0.2) is 29.4 Å². The van der Waals surface area contributed by atoms with Gasteiger partial charge in [0.05, 0.1) is 17.4 Å². The number of hydrogen-bond acceptors (Lipinski definition) is 8. The average Bonchev–Trinajstić information content (AvgIpc) is 3.25. The summed E-state index contributed by atoms with van der Waals surface area (Å²) >= 11 is 2.51. The van der Waals surface area contributed by atoms with E-state index in [1.54, 1.807) is 31.5 Å². The summed E-state index contributed by atoms with van der Waals surface area (Å²) in [6.45, 7) is 3.61. The zero-order valence-electron chi connectivity index (χ0n) is 15.8. The molecule has 0 aliphatic rings. The largest absolute Gasteiger partial charge is 0.345 e. The number of anilines is 1. The Morgan fingerprint density at radius 2 is 2.00 bits per heavy atom. The van der Waals surface area contributed by atoms with E-state index >= 15 is 0 Å². The van der Waals surface area contributed by atoms with Crippen molar-refractivity contribution in [2.45, 2.75) is 30.8 Å². The molecule has 2 aromatic heterocycles. The number of nitrogens with zero attached hydrogens (tertiary/aromatic N) is 5. The van der Waals surface area contributed by atoms with Crippen molar-refractivity contribution in [3.63, 3.8) is 0 Å². The van der Waals surface area contributed by atoms with Gasteiger partial charge >= 0.3 is 0 Å². The molecular formula is C17H18FN7O2S2. The van der Waals surface area contributed by atoms with Gasteiger partial charge in [-0.15, -0.1) is 20.4 Å². The molecule has 0 bridgehead atoms. The fraction of sp³-hybridized carbons (Fsp3) is 0.294. The standard InChI is InChI=1S/C17H18FN7O2S2/c1-9(14(26)20-16-23-21-10(2)29-16)28-17-24-22-13(25(17)3)8-19-15(27)11-6-4-5-7-12(11)18/h4-7,9H,8H2,1-3H3,(H,19,27)(H,20,23,26)/t9-/m0/s1. The predicted octanol–water partition coefficient (Wildman–Crippen LogP) is 2.16. The number of amides is 2. The summed E-state index contributed by atoms with van der Waals surface area (Å²) in [5, 5.41) is 22.4. The number of aryl methyl sites for hydroxylation is 1. The van der Waals surface area contributed by atoms with Crippen molar-refractivity contribution in [2.75, 3.05) is 5.32 Å². The molecule has 0 saturated carbocycles. The van der Waals surface area contributed by atoms with Gasteiger partial charge in [-0.05, 0) is 26.0 Å². The van der Waals surface area contributed by atoms with Gasteiger partial charge in [-0.25, -0.2) is 4.39 Å². The highest BCUT2D eigenvalue weighted by atomic mass is 32.2. The molecule has 2 N–H and O–H groups in total. The highest BCUT2D eigenvalue weighted by Gasteiger charge is 2.20. The number of aromatic nitrogens is 5. The molecule has 1 aromatic carbocycles. The fourth-order valence-electron chi connectivity index (χ4n) is 2.27. The lowest BCUT2D eigenvalue weighted by atomic mass is 10.2. The number of carbonyl (C=O) groups excluding carboxylic acids is 2. The van der Waals surface area contributed by atoms with Crippen molar-refractivity contribution in [3.8, 4) is 0 Å². The highest BCUT2D eigenvalue weighted by molar-refractivity contribution is 8.00. The molecule has 29 heavy (non-hydrogen) atoms. The van der Waals surface area contributed by atoms with E-state index in [9.17, 15) is 14.0 Å². The maximum absolute atomic E-state index is 13.7. The third-order valence-corrected chi connectivity index (χ3v) is 5.75. The lowest BCUT2D eigenvalue weighted by molar-refractivity contribution is -0.115. The van der Waals surface area contributed by atoms with Crippen LogP contribution >= 0.6 is 23.1 Å². The summed E-state index contributed by atoms with van der Waals surface area (Å²) in [6, 6.07) is 5.73. The summed E-state index contributed by atoms with van der Waals surface area (Å²) in [7, 11) is 1.73. The van der Waals surface area contributed by atoms with Gasteiger partial charge in [0.25, 0.3) is 5.91 Å². The molecule has 152 valence electrons. The zero-order valence-corrected chi connectivity index (χ0v) is 17.5. The normalized spacial score (nSPS) is 11.9. The highest BCUT2D eigenvalue weighted by Crippen LogP contribution is 2.23. The molecule has 1 atom stereocenters. The van der Waals surface area contributed by atoms with Crippen LogP contribution in [0.5, 0.6) is 0 Å². The predicted molar refractivity (Wildman–Crippen MR) is 107 cm³/mol. The van der Waals surface area contributed by atoms with E-state index in [1.807, 2.05) is 0 Å².